The van der Waals surface area contributed by atoms with E-state index < -0.39 is 73.3 Å². The van der Waals surface area contributed by atoms with Gasteiger partial charge >= 0.3 is 11.9 Å². The summed E-state index contributed by atoms with van der Waals surface area (Å²) in [5.74, 6) is 0.347. The van der Waals surface area contributed by atoms with Gasteiger partial charge in [0.15, 0.2) is 18.0 Å². The van der Waals surface area contributed by atoms with Gasteiger partial charge in [0, 0.05) is 104 Å². The first-order valence-corrected chi connectivity index (χ1v) is 33.2. The largest absolute Gasteiger partial charge is 0.461 e. The number of fused-ring (bicyclic) bond motifs is 8. The maximum atomic E-state index is 15.0. The van der Waals surface area contributed by atoms with Crippen molar-refractivity contribution >= 4 is 35.4 Å². The van der Waals surface area contributed by atoms with Gasteiger partial charge in [0.25, 0.3) is 6.43 Å². The van der Waals surface area contributed by atoms with Crippen LogP contribution < -0.4 is 28.7 Å². The predicted octanol–water partition coefficient (Wildman–Crippen LogP) is 14.3. The van der Waals surface area contributed by atoms with Gasteiger partial charge < -0.3 is 77.7 Å². The number of esters is 2. The Hall–Kier alpha value is -8.02. The van der Waals surface area contributed by atoms with Gasteiger partial charge in [-0.25, -0.2) is 8.78 Å². The van der Waals surface area contributed by atoms with E-state index in [1.54, 1.807) is 19.1 Å². The summed E-state index contributed by atoms with van der Waals surface area (Å²) in [6, 6.07) is 33.9. The van der Waals surface area contributed by atoms with Crippen molar-refractivity contribution in [2.24, 2.45) is 11.8 Å². The van der Waals surface area contributed by atoms with E-state index in [1.807, 2.05) is 127 Å². The minimum absolute atomic E-state index is 0. The lowest BCUT2D eigenvalue weighted by molar-refractivity contribution is -0.277. The molecular formula is C77H100F2N2O17. The van der Waals surface area contributed by atoms with Crippen molar-refractivity contribution in [2.45, 2.75) is 198 Å². The average molecular weight is 1360 g/mol. The molecule has 12 atom stereocenters. The molecule has 5 aliphatic heterocycles. The summed E-state index contributed by atoms with van der Waals surface area (Å²) in [7, 11) is 0. The van der Waals surface area contributed by atoms with Crippen molar-refractivity contribution in [3.8, 4) is 34.5 Å². The quantitative estimate of drug-likeness (QED) is 0.0435. The van der Waals surface area contributed by atoms with Crippen molar-refractivity contribution in [2.75, 3.05) is 42.6 Å². The first-order valence-electron chi connectivity index (χ1n) is 33.2. The summed E-state index contributed by atoms with van der Waals surface area (Å²) in [6.45, 7) is 27.4. The molecule has 0 aromatic heterocycles. The van der Waals surface area contributed by atoms with E-state index >= 15 is 0 Å². The van der Waals surface area contributed by atoms with E-state index in [9.17, 15) is 48.4 Å². The molecule has 21 heteroatoms. The van der Waals surface area contributed by atoms with Crippen LogP contribution in [0.2, 0.25) is 0 Å². The van der Waals surface area contributed by atoms with E-state index in [2.05, 4.69) is 42.7 Å². The Bertz CT molecular complexity index is 3670. The highest BCUT2D eigenvalue weighted by Crippen LogP contribution is 2.60. The fourth-order valence-electron chi connectivity index (χ4n) is 13.0. The normalized spacial score (nSPS) is 23.4. The third kappa shape index (κ3) is 16.2. The molecule has 6 aromatic carbocycles. The summed E-state index contributed by atoms with van der Waals surface area (Å²) in [6.07, 6.45) is -10.7. The first-order chi connectivity index (χ1) is 46.1. The summed E-state index contributed by atoms with van der Waals surface area (Å²) in [4.78, 5) is 51.0. The van der Waals surface area contributed by atoms with Gasteiger partial charge in [-0.1, -0.05) is 117 Å². The van der Waals surface area contributed by atoms with E-state index in [4.69, 9.17) is 42.6 Å². The number of ether oxygens (including phenoxy) is 9. The Morgan fingerprint density at radius 3 is 1.82 bits per heavy atom. The van der Waals surface area contributed by atoms with Crippen LogP contribution in [-0.2, 0) is 56.9 Å². The van der Waals surface area contributed by atoms with E-state index in [0.717, 1.165) is 83.6 Å². The van der Waals surface area contributed by atoms with Gasteiger partial charge in [0.1, 0.15) is 76.9 Å². The molecule has 6 aromatic rings. The molecule has 534 valence electrons. The number of rotatable bonds is 19. The van der Waals surface area contributed by atoms with Crippen LogP contribution in [0.4, 0.5) is 20.2 Å². The number of ketones is 1. The molecule has 4 N–H and O–H groups in total. The molecule has 0 bridgehead atoms. The molecular weight excluding hydrogens is 1260 g/mol. The molecule has 11 rings (SSSR count). The minimum Gasteiger partial charge on any atom is -0.461 e. The van der Waals surface area contributed by atoms with Crippen molar-refractivity contribution in [3.05, 3.63) is 165 Å². The topological polar surface area (TPSA) is 239 Å². The van der Waals surface area contributed by atoms with E-state index in [1.165, 1.54) is 19.9 Å². The second-order valence-electron chi connectivity index (χ2n) is 23.9. The molecule has 2 saturated heterocycles. The fourth-order valence-corrected chi connectivity index (χ4v) is 13.0. The Balaban J connectivity index is 0.000000278. The zero-order chi connectivity index (χ0) is 69.9. The molecule has 19 nitrogen and oxygen atoms in total. The molecule has 0 aliphatic carbocycles. The number of alkyl halides is 2. The molecule has 98 heavy (non-hydrogen) atoms. The number of anilines is 2. The van der Waals surface area contributed by atoms with Crippen LogP contribution in [0.15, 0.2) is 109 Å². The SMILES string of the molecule is C.C.CC.CCC(C)=O.CCN(CC)c1ccc2c(c1)Oc1c(ccc(O[C@@H]3O[C@H](CO)[C@H](O)[C@H](O)[C@H]3O)c1C(F)F)C21OCc2ccccc21.CC[C@H]1O[C@@H](Oc2ccc3c(c2C=O)Oc2cc(N(CC)CC)ccc2C3c2ccccc2COC(C)=O)[C@H](OC(C)=O)[C@@H](C)[C@H]1C. The highest BCUT2D eigenvalue weighted by Gasteiger charge is 2.52. The van der Waals surface area contributed by atoms with Gasteiger partial charge in [-0.15, -0.1) is 0 Å². The molecule has 0 radical (unpaired) electrons. The molecule has 0 amide bonds. The lowest BCUT2D eigenvalue weighted by atomic mass is 9.77. The Kier molecular flexibility index (Phi) is 28.3. The van der Waals surface area contributed by atoms with Gasteiger partial charge in [-0.05, 0) is 106 Å². The molecule has 5 aliphatic rings. The number of aliphatic hydroxyl groups is 4. The number of carbonyl (C=O) groups excluding carboxylic acids is 4. The fraction of sp³-hybridized carbons (Fsp3) is 0.481. The smallest absolute Gasteiger partial charge is 0.303 e. The number of hydrogen-bond donors (Lipinski definition) is 4. The number of nitrogens with zero attached hydrogens (tertiary/aromatic N) is 2. The monoisotopic (exact) mass is 1360 g/mol. The van der Waals surface area contributed by atoms with Crippen LogP contribution in [0.1, 0.15) is 190 Å². The first kappa shape index (κ1) is 79.0. The maximum absolute atomic E-state index is 15.0. The number of aldehydes is 1. The number of halogens is 2. The van der Waals surface area contributed by atoms with E-state index in [-0.39, 0.29) is 86.5 Å². The van der Waals surface area contributed by atoms with Crippen LogP contribution >= 0.6 is 0 Å². The molecule has 0 saturated carbocycles. The standard InChI is InChI=1S/C38H45NO8.C31H33F2NO8.C4H8O.C2H6.2CH4/c1-8-32-22(4)23(5)36(44-25(7)42)38(46-32)47-33-18-17-30-35(28-14-12-11-13-26(28)21-43-24(6)41)29-16-15-27(39(9-2)10-3)19-34(29)45-37(30)31(33)20-40;1-3-34(4-2)17-9-10-19-22(13-17)40-28-20(31(19)18-8-6-5-7-16(18)15-39-31)11-12-21(24(28)29(32)33)41-30-27(38)26(37)25(36)23(14-35)42-30;1-3-4(2)5;1-2;;/h11-20,22-23,32,35-36,38H,8-10,21H2,1-7H3;5-13,23,25-27,29-30,35-38H,3-4,14-15H2,1-2H3;3H2,1-2H3;1-2H3;2*1H4/t22-,23+,32-,35?,36-,38+;23-,25+,26+,27-,30-,31?;;;;/m11..../s1. The second kappa shape index (κ2) is 35.2. The molecule has 2 unspecified atom stereocenters. The highest BCUT2D eigenvalue weighted by molar-refractivity contribution is 5.86. The third-order valence-corrected chi connectivity index (χ3v) is 18.4. The summed E-state index contributed by atoms with van der Waals surface area (Å²) >= 11 is 0. The van der Waals surface area contributed by atoms with Crippen molar-refractivity contribution in [3.63, 3.8) is 0 Å². The number of aliphatic hydroxyl groups excluding tert-OH is 4. The maximum Gasteiger partial charge on any atom is 0.303 e. The van der Waals surface area contributed by atoms with Gasteiger partial charge in [0.2, 0.25) is 12.6 Å². The van der Waals surface area contributed by atoms with Crippen LogP contribution in [0.3, 0.4) is 0 Å². The van der Waals surface area contributed by atoms with Gasteiger partial charge in [-0.3, -0.25) is 14.4 Å². The Morgan fingerprint density at radius 2 is 1.21 bits per heavy atom. The zero-order valence-corrected chi connectivity index (χ0v) is 57.0. The summed E-state index contributed by atoms with van der Waals surface area (Å²) in [5, 5.41) is 40.4. The summed E-state index contributed by atoms with van der Waals surface area (Å²) < 4.78 is 84.5. The minimum atomic E-state index is -3.08. The average Bonchev–Trinajstić information content (AvgIpc) is 1.39. The number of benzene rings is 6. The number of carbonyl (C=O) groups is 4. The molecule has 5 heterocycles. The second-order valence-corrected chi connectivity index (χ2v) is 23.9. The molecule has 1 spiro atoms. The lowest BCUT2D eigenvalue weighted by Crippen LogP contribution is -2.60. The van der Waals surface area contributed by atoms with Crippen molar-refractivity contribution < 1.29 is 91.0 Å². The lowest BCUT2D eigenvalue weighted by Gasteiger charge is -2.43. The van der Waals surface area contributed by atoms with Crippen LogP contribution in [0, 0.1) is 11.8 Å². The molecule has 2 fully saturated rings. The zero-order valence-electron chi connectivity index (χ0n) is 57.0. The summed E-state index contributed by atoms with van der Waals surface area (Å²) in [5.41, 5.74) is 6.52. The van der Waals surface area contributed by atoms with Gasteiger partial charge in [-0.2, -0.15) is 0 Å². The number of Topliss-reactive ketones (excluding diaryl/α,β-unsaturated/α-hetero) is 1. The van der Waals surface area contributed by atoms with Crippen molar-refractivity contribution in [1.82, 2.24) is 0 Å². The predicted molar refractivity (Wildman–Crippen MR) is 371 cm³/mol. The highest BCUT2D eigenvalue weighted by atomic mass is 19.3. The Labute approximate surface area is 575 Å². The van der Waals surface area contributed by atoms with Crippen LogP contribution in [0.25, 0.3) is 0 Å². The number of hydrogen-bond acceptors (Lipinski definition) is 19. The third-order valence-electron chi connectivity index (χ3n) is 18.4. The van der Waals surface area contributed by atoms with Gasteiger partial charge in [0.05, 0.1) is 24.9 Å². The van der Waals surface area contributed by atoms with E-state index in [0.29, 0.717) is 34.8 Å². The Morgan fingerprint density at radius 1 is 0.643 bits per heavy atom. The van der Waals surface area contributed by atoms with Crippen LogP contribution in [0.5, 0.6) is 34.5 Å². The van der Waals surface area contributed by atoms with Crippen molar-refractivity contribution in [1.29, 1.82) is 0 Å². The van der Waals surface area contributed by atoms with Crippen LogP contribution in [-0.4, -0.2) is 126 Å².